The van der Waals surface area contributed by atoms with Crippen LogP contribution in [-0.4, -0.2) is 7.05 Å². The normalized spacial score (nSPS) is 12.2. The molecule has 0 aliphatic heterocycles. The Morgan fingerprint density at radius 2 is 1.90 bits per heavy atom. The van der Waals surface area contributed by atoms with Gasteiger partial charge in [0, 0.05) is 16.6 Å². The van der Waals surface area contributed by atoms with Gasteiger partial charge < -0.3 is 10.1 Å². The highest BCUT2D eigenvalue weighted by atomic mass is 79.9. The second kappa shape index (κ2) is 6.33. The van der Waals surface area contributed by atoms with E-state index < -0.39 is 11.6 Å². The van der Waals surface area contributed by atoms with Crippen LogP contribution in [0.1, 0.15) is 18.5 Å². The third-order valence-electron chi connectivity index (χ3n) is 2.99. The van der Waals surface area contributed by atoms with Gasteiger partial charge in [-0.25, -0.2) is 8.78 Å². The molecular formula is C15H14BrF2NO. The van der Waals surface area contributed by atoms with Gasteiger partial charge in [0.2, 0.25) is 0 Å². The molecule has 1 atom stereocenters. The van der Waals surface area contributed by atoms with E-state index in [2.05, 4.69) is 21.2 Å². The first-order valence-corrected chi connectivity index (χ1v) is 6.90. The van der Waals surface area contributed by atoms with Gasteiger partial charge in [0.15, 0.2) is 11.6 Å². The van der Waals surface area contributed by atoms with Crippen molar-refractivity contribution in [2.24, 2.45) is 0 Å². The molecule has 0 heterocycles. The Kier molecular flexibility index (Phi) is 4.73. The summed E-state index contributed by atoms with van der Waals surface area (Å²) < 4.78 is 32.8. The quantitative estimate of drug-likeness (QED) is 0.862. The molecule has 0 fully saturated rings. The maximum Gasteiger partial charge on any atom is 0.165 e. The zero-order chi connectivity index (χ0) is 14.7. The van der Waals surface area contributed by atoms with Crippen LogP contribution in [-0.2, 0) is 0 Å². The first-order chi connectivity index (χ1) is 9.51. The van der Waals surface area contributed by atoms with E-state index in [1.165, 1.54) is 0 Å². The van der Waals surface area contributed by atoms with Crippen LogP contribution in [0.15, 0.2) is 40.9 Å². The highest BCUT2D eigenvalue weighted by molar-refractivity contribution is 9.10. The fourth-order valence-electron chi connectivity index (χ4n) is 1.76. The first-order valence-electron chi connectivity index (χ1n) is 6.11. The average molecular weight is 342 g/mol. The highest BCUT2D eigenvalue weighted by Gasteiger charge is 2.10. The Balaban J connectivity index is 2.26. The average Bonchev–Trinajstić information content (AvgIpc) is 2.42. The smallest absolute Gasteiger partial charge is 0.165 e. The van der Waals surface area contributed by atoms with E-state index in [0.717, 1.165) is 28.2 Å². The van der Waals surface area contributed by atoms with Crippen molar-refractivity contribution in [1.29, 1.82) is 0 Å². The van der Waals surface area contributed by atoms with E-state index in [1.807, 2.05) is 20.0 Å². The summed E-state index contributed by atoms with van der Waals surface area (Å²) in [6.45, 7) is 2.02. The summed E-state index contributed by atoms with van der Waals surface area (Å²) in [5, 5.41) is 3.13. The van der Waals surface area contributed by atoms with Gasteiger partial charge in [0.05, 0.1) is 0 Å². The molecule has 0 bridgehead atoms. The van der Waals surface area contributed by atoms with Crippen LogP contribution in [0.25, 0.3) is 0 Å². The molecule has 2 rings (SSSR count). The molecule has 0 saturated heterocycles. The number of hydrogen-bond acceptors (Lipinski definition) is 2. The standard InChI is InChI=1S/C15H14BrF2NO/c1-9(19-2)12-5-4-11(8-13(12)16)20-15-7-10(17)3-6-14(15)18/h3-9,19H,1-2H3. The number of ether oxygens (including phenoxy) is 1. The molecule has 0 aliphatic rings. The van der Waals surface area contributed by atoms with Gasteiger partial charge in [-0.05, 0) is 43.8 Å². The number of rotatable bonds is 4. The Morgan fingerprint density at radius 1 is 1.15 bits per heavy atom. The van der Waals surface area contributed by atoms with Crippen LogP contribution >= 0.6 is 15.9 Å². The topological polar surface area (TPSA) is 21.3 Å². The molecule has 1 N–H and O–H groups in total. The van der Waals surface area contributed by atoms with Gasteiger partial charge in [-0.3, -0.25) is 0 Å². The highest BCUT2D eigenvalue weighted by Crippen LogP contribution is 2.31. The zero-order valence-electron chi connectivity index (χ0n) is 11.1. The van der Waals surface area contributed by atoms with Gasteiger partial charge in [-0.1, -0.05) is 22.0 Å². The molecule has 0 aromatic heterocycles. The Morgan fingerprint density at radius 3 is 2.55 bits per heavy atom. The molecule has 0 spiro atoms. The second-order valence-corrected chi connectivity index (χ2v) is 5.22. The van der Waals surface area contributed by atoms with Crippen molar-refractivity contribution in [2.75, 3.05) is 7.05 Å². The minimum Gasteiger partial charge on any atom is -0.454 e. The fourth-order valence-corrected chi connectivity index (χ4v) is 2.46. The molecule has 106 valence electrons. The molecule has 1 unspecified atom stereocenters. The lowest BCUT2D eigenvalue weighted by Gasteiger charge is -2.14. The van der Waals surface area contributed by atoms with E-state index in [-0.39, 0.29) is 11.8 Å². The second-order valence-electron chi connectivity index (χ2n) is 4.37. The van der Waals surface area contributed by atoms with Gasteiger partial charge in [0.25, 0.3) is 0 Å². The van der Waals surface area contributed by atoms with E-state index >= 15 is 0 Å². The predicted molar refractivity (Wildman–Crippen MR) is 78.0 cm³/mol. The summed E-state index contributed by atoms with van der Waals surface area (Å²) >= 11 is 3.45. The summed E-state index contributed by atoms with van der Waals surface area (Å²) in [6.07, 6.45) is 0. The Labute approximate surface area is 124 Å². The van der Waals surface area contributed by atoms with Crippen molar-refractivity contribution in [3.05, 3.63) is 58.1 Å². The van der Waals surface area contributed by atoms with Crippen molar-refractivity contribution in [3.8, 4) is 11.5 Å². The van der Waals surface area contributed by atoms with Crippen LogP contribution in [0.5, 0.6) is 11.5 Å². The van der Waals surface area contributed by atoms with Crippen molar-refractivity contribution >= 4 is 15.9 Å². The maximum absolute atomic E-state index is 13.5. The van der Waals surface area contributed by atoms with E-state index in [0.29, 0.717) is 5.75 Å². The van der Waals surface area contributed by atoms with E-state index in [4.69, 9.17) is 4.74 Å². The maximum atomic E-state index is 13.5. The van der Waals surface area contributed by atoms with Crippen LogP contribution in [0, 0.1) is 11.6 Å². The van der Waals surface area contributed by atoms with Gasteiger partial charge in [-0.15, -0.1) is 0 Å². The summed E-state index contributed by atoms with van der Waals surface area (Å²) in [7, 11) is 1.86. The molecule has 0 aliphatic carbocycles. The van der Waals surface area contributed by atoms with Crippen LogP contribution in [0.3, 0.4) is 0 Å². The van der Waals surface area contributed by atoms with Crippen LogP contribution in [0.2, 0.25) is 0 Å². The van der Waals surface area contributed by atoms with Crippen LogP contribution < -0.4 is 10.1 Å². The van der Waals surface area contributed by atoms with Crippen molar-refractivity contribution in [3.63, 3.8) is 0 Å². The molecule has 0 amide bonds. The van der Waals surface area contributed by atoms with Gasteiger partial charge in [0.1, 0.15) is 11.6 Å². The minimum absolute atomic E-state index is 0.133. The number of hydrogen-bond donors (Lipinski definition) is 1. The molecule has 0 saturated carbocycles. The SMILES string of the molecule is CNC(C)c1ccc(Oc2cc(F)ccc2F)cc1Br. The summed E-state index contributed by atoms with van der Waals surface area (Å²) in [6, 6.07) is 8.61. The third kappa shape index (κ3) is 3.35. The number of halogens is 3. The third-order valence-corrected chi connectivity index (χ3v) is 3.68. The molecule has 5 heteroatoms. The van der Waals surface area contributed by atoms with Crippen LogP contribution in [0.4, 0.5) is 8.78 Å². The zero-order valence-corrected chi connectivity index (χ0v) is 12.7. The first kappa shape index (κ1) is 14.9. The molecular weight excluding hydrogens is 328 g/mol. The Bertz CT molecular complexity index is 619. The minimum atomic E-state index is -0.602. The molecule has 2 nitrogen and oxygen atoms in total. The number of nitrogens with one attached hydrogen (secondary N) is 1. The van der Waals surface area contributed by atoms with Crippen molar-refractivity contribution in [1.82, 2.24) is 5.32 Å². The van der Waals surface area contributed by atoms with Gasteiger partial charge in [-0.2, -0.15) is 0 Å². The lowest BCUT2D eigenvalue weighted by molar-refractivity contribution is 0.436. The lowest BCUT2D eigenvalue weighted by Crippen LogP contribution is -2.12. The van der Waals surface area contributed by atoms with Gasteiger partial charge >= 0.3 is 0 Å². The van der Waals surface area contributed by atoms with Crippen molar-refractivity contribution < 1.29 is 13.5 Å². The van der Waals surface area contributed by atoms with Crippen molar-refractivity contribution in [2.45, 2.75) is 13.0 Å². The van der Waals surface area contributed by atoms with E-state index in [9.17, 15) is 8.78 Å². The predicted octanol–water partition coefficient (Wildman–Crippen LogP) is 4.80. The molecule has 2 aromatic carbocycles. The fraction of sp³-hybridized carbons (Fsp3) is 0.200. The molecule has 20 heavy (non-hydrogen) atoms. The van der Waals surface area contributed by atoms with E-state index in [1.54, 1.807) is 12.1 Å². The lowest BCUT2D eigenvalue weighted by atomic mass is 10.1. The monoisotopic (exact) mass is 341 g/mol. The molecule has 0 radical (unpaired) electrons. The Hall–Kier alpha value is -1.46. The summed E-state index contributed by atoms with van der Waals surface area (Å²) in [5.74, 6) is -0.837. The largest absolute Gasteiger partial charge is 0.454 e. The summed E-state index contributed by atoms with van der Waals surface area (Å²) in [5.41, 5.74) is 1.06. The number of benzene rings is 2. The molecule has 2 aromatic rings. The summed E-state index contributed by atoms with van der Waals surface area (Å²) in [4.78, 5) is 0.